The molecule has 34 heavy (non-hydrogen) atoms. The zero-order chi connectivity index (χ0) is 23.1. The Morgan fingerprint density at radius 3 is 2.47 bits per heavy atom. The number of ether oxygens (including phenoxy) is 1. The van der Waals surface area contributed by atoms with Gasteiger partial charge >= 0.3 is 0 Å². The Balaban J connectivity index is 1.40. The van der Waals surface area contributed by atoms with Crippen LogP contribution in [-0.2, 0) is 4.74 Å². The van der Waals surface area contributed by atoms with E-state index in [1.807, 2.05) is 12.3 Å². The molecule has 174 valence electrons. The third-order valence-corrected chi connectivity index (χ3v) is 7.28. The number of rotatable bonds is 4. The Hall–Kier alpha value is -3.41. The van der Waals surface area contributed by atoms with Crippen LogP contribution in [0.25, 0.3) is 32.0 Å². The van der Waals surface area contributed by atoms with Crippen molar-refractivity contribution in [3.8, 4) is 21.8 Å². The molecule has 0 aliphatic carbocycles. The van der Waals surface area contributed by atoms with Gasteiger partial charge in [0.2, 0.25) is 5.95 Å². The van der Waals surface area contributed by atoms with Gasteiger partial charge < -0.3 is 25.4 Å². The van der Waals surface area contributed by atoms with Crippen LogP contribution in [0.2, 0.25) is 0 Å². The van der Waals surface area contributed by atoms with Gasteiger partial charge in [0.1, 0.15) is 5.82 Å². The van der Waals surface area contributed by atoms with Crippen LogP contribution < -0.4 is 15.5 Å². The lowest BCUT2D eigenvalue weighted by atomic mass is 10.2. The second-order valence-corrected chi connectivity index (χ2v) is 9.47. The van der Waals surface area contributed by atoms with E-state index in [0.29, 0.717) is 25.6 Å². The molecule has 0 spiro atoms. The summed E-state index contributed by atoms with van der Waals surface area (Å²) < 4.78 is 6.58. The summed E-state index contributed by atoms with van der Waals surface area (Å²) in [6.07, 6.45) is 5.70. The lowest BCUT2D eigenvalue weighted by Gasteiger charge is -2.28. The zero-order valence-corrected chi connectivity index (χ0v) is 19.3. The number of fused-ring (bicyclic) bond motifs is 1. The Kier molecular flexibility index (Phi) is 5.44. The molecule has 2 aliphatic rings. The zero-order valence-electron chi connectivity index (χ0n) is 18.5. The average molecular weight is 477 g/mol. The Morgan fingerprint density at radius 2 is 1.76 bits per heavy atom. The molecule has 1 atom stereocenters. The molecule has 0 aromatic carbocycles. The number of morpholine rings is 1. The predicted octanol–water partition coefficient (Wildman–Crippen LogP) is 2.20. The number of nitrogens with zero attached hydrogens (tertiary/aromatic N) is 7. The molecule has 6 rings (SSSR count). The predicted molar refractivity (Wildman–Crippen MR) is 132 cm³/mol. The number of nitrogens with two attached hydrogens (primary N) is 1. The van der Waals surface area contributed by atoms with Crippen LogP contribution in [0.4, 0.5) is 17.6 Å². The Labute approximate surface area is 200 Å². The van der Waals surface area contributed by atoms with Crippen LogP contribution in [0.1, 0.15) is 6.42 Å². The van der Waals surface area contributed by atoms with Crippen molar-refractivity contribution in [2.24, 2.45) is 0 Å². The third-order valence-electron chi connectivity index (χ3n) is 6.11. The van der Waals surface area contributed by atoms with E-state index >= 15 is 0 Å². The highest BCUT2D eigenvalue weighted by Gasteiger charge is 2.23. The molecule has 10 nitrogen and oxygen atoms in total. The molecule has 4 aromatic rings. The number of aromatic nitrogens is 5. The summed E-state index contributed by atoms with van der Waals surface area (Å²) >= 11 is 1.66. The highest BCUT2D eigenvalue weighted by Crippen LogP contribution is 2.39. The molecule has 2 aliphatic heterocycles. The summed E-state index contributed by atoms with van der Waals surface area (Å²) in [5.41, 5.74) is 8.28. The van der Waals surface area contributed by atoms with Gasteiger partial charge in [0.25, 0.3) is 0 Å². The highest BCUT2D eigenvalue weighted by atomic mass is 32.1. The van der Waals surface area contributed by atoms with Crippen molar-refractivity contribution in [1.29, 1.82) is 0 Å². The normalized spacial score (nSPS) is 18.7. The molecule has 6 heterocycles. The number of hydrogen-bond donors (Lipinski definition) is 2. The number of thiophene rings is 1. The molecule has 0 amide bonds. The first-order valence-corrected chi connectivity index (χ1v) is 12.1. The molecule has 0 saturated carbocycles. The van der Waals surface area contributed by atoms with Gasteiger partial charge in [-0.3, -0.25) is 0 Å². The van der Waals surface area contributed by atoms with Crippen molar-refractivity contribution in [3.63, 3.8) is 0 Å². The maximum Gasteiger partial charge on any atom is 0.219 e. The van der Waals surface area contributed by atoms with Gasteiger partial charge in [0.05, 0.1) is 35.1 Å². The fourth-order valence-electron chi connectivity index (χ4n) is 4.30. The van der Waals surface area contributed by atoms with E-state index in [2.05, 4.69) is 36.9 Å². The van der Waals surface area contributed by atoms with Crippen molar-refractivity contribution in [2.75, 3.05) is 54.9 Å². The molecule has 4 aromatic heterocycles. The summed E-state index contributed by atoms with van der Waals surface area (Å²) in [6.45, 7) is 4.34. The fourth-order valence-corrected chi connectivity index (χ4v) is 5.40. The number of anilines is 3. The number of aliphatic hydroxyl groups is 1. The lowest BCUT2D eigenvalue weighted by Crippen LogP contribution is -2.36. The number of pyridine rings is 1. The van der Waals surface area contributed by atoms with Crippen LogP contribution in [-0.4, -0.2) is 75.5 Å². The smallest absolute Gasteiger partial charge is 0.219 e. The van der Waals surface area contributed by atoms with E-state index in [1.54, 1.807) is 23.7 Å². The highest BCUT2D eigenvalue weighted by molar-refractivity contribution is 7.22. The van der Waals surface area contributed by atoms with E-state index in [0.717, 1.165) is 63.9 Å². The molecule has 3 N–H and O–H groups in total. The van der Waals surface area contributed by atoms with Crippen LogP contribution in [0, 0.1) is 0 Å². The van der Waals surface area contributed by atoms with E-state index < -0.39 is 0 Å². The molecule has 11 heteroatoms. The quantitative estimate of drug-likeness (QED) is 0.452. The van der Waals surface area contributed by atoms with Gasteiger partial charge in [-0.25, -0.2) is 24.9 Å². The minimum Gasteiger partial charge on any atom is -0.391 e. The van der Waals surface area contributed by atoms with Gasteiger partial charge in [0.15, 0.2) is 11.6 Å². The van der Waals surface area contributed by atoms with E-state index in [4.69, 9.17) is 20.4 Å². The van der Waals surface area contributed by atoms with E-state index in [1.165, 1.54) is 0 Å². The first-order chi connectivity index (χ1) is 16.6. The maximum absolute atomic E-state index is 9.82. The molecule has 2 saturated heterocycles. The van der Waals surface area contributed by atoms with Gasteiger partial charge in [-0.05, 0) is 24.6 Å². The van der Waals surface area contributed by atoms with Gasteiger partial charge in [-0.2, -0.15) is 0 Å². The third kappa shape index (κ3) is 4.02. The Morgan fingerprint density at radius 1 is 0.971 bits per heavy atom. The molecular formula is C23H24N8O2S. The lowest BCUT2D eigenvalue weighted by molar-refractivity contribution is 0.122. The number of β-amino-alcohol motifs (C(OH)–C–C–N with tert-alkyl or cyclic N) is 1. The summed E-state index contributed by atoms with van der Waals surface area (Å²) in [6, 6.07) is 6.18. The van der Waals surface area contributed by atoms with Crippen LogP contribution in [0.3, 0.4) is 0 Å². The van der Waals surface area contributed by atoms with Crippen LogP contribution in [0.5, 0.6) is 0 Å². The topological polar surface area (TPSA) is 126 Å². The SMILES string of the molecule is Nc1ncc(-c2nc(N3CCOCC3)c3sc(-c4ccc(N5CC[C@@H](O)C5)nc4)cc3n2)cn1. The summed E-state index contributed by atoms with van der Waals surface area (Å²) in [5, 5.41) is 9.82. The molecule has 0 unspecified atom stereocenters. The van der Waals surface area contributed by atoms with Crippen molar-refractivity contribution in [3.05, 3.63) is 36.8 Å². The number of aliphatic hydroxyl groups excluding tert-OH is 1. The monoisotopic (exact) mass is 476 g/mol. The van der Waals surface area contributed by atoms with Gasteiger partial charge in [-0.15, -0.1) is 11.3 Å². The Bertz CT molecular complexity index is 1310. The molecule has 0 bridgehead atoms. The van der Waals surface area contributed by atoms with E-state index in [-0.39, 0.29) is 12.1 Å². The molecule has 0 radical (unpaired) electrons. The van der Waals surface area contributed by atoms with Crippen molar-refractivity contribution >= 4 is 39.1 Å². The molecular weight excluding hydrogens is 452 g/mol. The molecule has 2 fully saturated rings. The minimum absolute atomic E-state index is 0.218. The summed E-state index contributed by atoms with van der Waals surface area (Å²) in [7, 11) is 0. The van der Waals surface area contributed by atoms with Crippen molar-refractivity contribution < 1.29 is 9.84 Å². The maximum atomic E-state index is 9.82. The summed E-state index contributed by atoms with van der Waals surface area (Å²) in [4.78, 5) is 28.0. The second kappa shape index (κ2) is 8.75. The first-order valence-electron chi connectivity index (χ1n) is 11.3. The average Bonchev–Trinajstić information content (AvgIpc) is 3.51. The van der Waals surface area contributed by atoms with Crippen LogP contribution >= 0.6 is 11.3 Å². The van der Waals surface area contributed by atoms with Crippen molar-refractivity contribution in [2.45, 2.75) is 12.5 Å². The number of hydrogen-bond acceptors (Lipinski definition) is 11. The number of nitrogen functional groups attached to an aromatic ring is 1. The van der Waals surface area contributed by atoms with Gasteiger partial charge in [0, 0.05) is 55.2 Å². The summed E-state index contributed by atoms with van der Waals surface area (Å²) in [5.74, 6) is 2.57. The van der Waals surface area contributed by atoms with Crippen molar-refractivity contribution in [1.82, 2.24) is 24.9 Å². The van der Waals surface area contributed by atoms with Crippen LogP contribution in [0.15, 0.2) is 36.8 Å². The van der Waals surface area contributed by atoms with Gasteiger partial charge in [-0.1, -0.05) is 0 Å². The standard InChI is InChI=1S/C23H24N8O2S/c24-23-26-11-15(12-27-23)21-28-17-9-18(34-20(17)22(29-21)30-5-7-33-8-6-30)14-1-2-19(25-10-14)31-4-3-16(32)13-31/h1-2,9-12,16,32H,3-8,13H2,(H2,24,26,27)/t16-/m1/s1. The fraction of sp³-hybridized carbons (Fsp3) is 0.348. The largest absolute Gasteiger partial charge is 0.391 e. The second-order valence-electron chi connectivity index (χ2n) is 8.42. The first kappa shape index (κ1) is 21.1. The van der Waals surface area contributed by atoms with E-state index in [9.17, 15) is 5.11 Å². The minimum atomic E-state index is -0.276.